The molecule has 0 bridgehead atoms. The van der Waals surface area contributed by atoms with E-state index < -0.39 is 24.3 Å². The molecule has 19 heavy (non-hydrogen) atoms. The van der Waals surface area contributed by atoms with Gasteiger partial charge in [-0.25, -0.2) is 4.98 Å². The third kappa shape index (κ3) is 2.79. The SMILES string of the molecule is CC1(C)OB(/C=C/c2cc(F)ncc2O)OC1(C)C. The molecule has 1 aromatic rings. The molecule has 1 fully saturated rings. The molecule has 1 aliphatic heterocycles. The quantitative estimate of drug-likeness (QED) is 0.659. The molecule has 1 N–H and O–H groups in total. The van der Waals surface area contributed by atoms with Gasteiger partial charge in [0.05, 0.1) is 17.4 Å². The first-order valence-corrected chi connectivity index (χ1v) is 6.10. The van der Waals surface area contributed by atoms with Crippen molar-refractivity contribution < 1.29 is 18.8 Å². The fraction of sp³-hybridized carbons (Fsp3) is 0.462. The van der Waals surface area contributed by atoms with Crippen molar-refractivity contribution in [3.05, 3.63) is 29.7 Å². The van der Waals surface area contributed by atoms with E-state index in [9.17, 15) is 9.50 Å². The number of hydrogen-bond acceptors (Lipinski definition) is 4. The summed E-state index contributed by atoms with van der Waals surface area (Å²) in [4.78, 5) is 3.35. The summed E-state index contributed by atoms with van der Waals surface area (Å²) in [5, 5.41) is 9.55. The fourth-order valence-electron chi connectivity index (χ4n) is 1.72. The summed E-state index contributed by atoms with van der Waals surface area (Å²) < 4.78 is 24.5. The first kappa shape index (κ1) is 14.0. The van der Waals surface area contributed by atoms with Gasteiger partial charge < -0.3 is 14.4 Å². The van der Waals surface area contributed by atoms with Gasteiger partial charge in [0.1, 0.15) is 5.75 Å². The monoisotopic (exact) mass is 265 g/mol. The molecule has 1 saturated heterocycles. The molecule has 0 saturated carbocycles. The van der Waals surface area contributed by atoms with Crippen molar-refractivity contribution in [3.63, 3.8) is 0 Å². The van der Waals surface area contributed by atoms with Crippen molar-refractivity contribution in [2.24, 2.45) is 0 Å². The van der Waals surface area contributed by atoms with Gasteiger partial charge in [0.15, 0.2) is 0 Å². The highest BCUT2D eigenvalue weighted by Gasteiger charge is 2.49. The van der Waals surface area contributed by atoms with Crippen molar-refractivity contribution in [3.8, 4) is 5.75 Å². The first-order chi connectivity index (χ1) is 8.71. The van der Waals surface area contributed by atoms with Gasteiger partial charge in [-0.15, -0.1) is 0 Å². The van der Waals surface area contributed by atoms with E-state index in [1.165, 1.54) is 0 Å². The summed E-state index contributed by atoms with van der Waals surface area (Å²) in [6.45, 7) is 7.80. The lowest BCUT2D eigenvalue weighted by atomic mass is 9.89. The highest BCUT2D eigenvalue weighted by Crippen LogP contribution is 2.37. The number of rotatable bonds is 2. The molecule has 0 unspecified atom stereocenters. The molecule has 2 heterocycles. The molecule has 0 aromatic carbocycles. The number of nitrogens with zero attached hydrogens (tertiary/aromatic N) is 1. The maximum absolute atomic E-state index is 13.0. The van der Waals surface area contributed by atoms with Gasteiger partial charge in [-0.2, -0.15) is 4.39 Å². The van der Waals surface area contributed by atoms with Gasteiger partial charge in [0, 0.05) is 11.6 Å². The molecule has 0 amide bonds. The van der Waals surface area contributed by atoms with Crippen LogP contribution in [0.15, 0.2) is 18.2 Å². The molecule has 2 rings (SSSR count). The third-order valence-corrected chi connectivity index (χ3v) is 3.58. The highest BCUT2D eigenvalue weighted by atomic mass is 19.1. The molecule has 4 nitrogen and oxygen atoms in total. The van der Waals surface area contributed by atoms with Crippen LogP contribution in [0.1, 0.15) is 33.3 Å². The van der Waals surface area contributed by atoms with Crippen LogP contribution < -0.4 is 0 Å². The largest absolute Gasteiger partial charge is 0.506 e. The van der Waals surface area contributed by atoms with Crippen LogP contribution in [0.25, 0.3) is 6.08 Å². The molecule has 1 aliphatic rings. The molecule has 0 atom stereocenters. The van der Waals surface area contributed by atoms with Gasteiger partial charge in [0.25, 0.3) is 0 Å². The van der Waals surface area contributed by atoms with Crippen LogP contribution in [0.5, 0.6) is 5.75 Å². The Hall–Kier alpha value is -1.40. The smallest absolute Gasteiger partial charge is 0.487 e. The Kier molecular flexibility index (Phi) is 3.41. The minimum Gasteiger partial charge on any atom is -0.506 e. The summed E-state index contributed by atoms with van der Waals surface area (Å²) in [5.74, 6) is 0.908. The van der Waals surface area contributed by atoms with Crippen LogP contribution in [-0.2, 0) is 9.31 Å². The van der Waals surface area contributed by atoms with Gasteiger partial charge >= 0.3 is 7.12 Å². The fourth-order valence-corrected chi connectivity index (χ4v) is 1.72. The predicted molar refractivity (Wildman–Crippen MR) is 71.0 cm³/mol. The zero-order valence-electron chi connectivity index (χ0n) is 11.5. The second-order valence-corrected chi connectivity index (χ2v) is 5.55. The van der Waals surface area contributed by atoms with Gasteiger partial charge in [0.2, 0.25) is 5.95 Å². The Labute approximate surface area is 112 Å². The van der Waals surface area contributed by atoms with E-state index in [0.29, 0.717) is 5.56 Å². The Morgan fingerprint density at radius 1 is 1.26 bits per heavy atom. The maximum Gasteiger partial charge on any atom is 0.487 e. The van der Waals surface area contributed by atoms with E-state index in [0.717, 1.165) is 12.3 Å². The summed E-state index contributed by atoms with van der Waals surface area (Å²) in [6, 6.07) is 1.15. The van der Waals surface area contributed by atoms with Gasteiger partial charge in [-0.1, -0.05) is 12.1 Å². The van der Waals surface area contributed by atoms with E-state index in [4.69, 9.17) is 9.31 Å². The lowest BCUT2D eigenvalue weighted by Crippen LogP contribution is -2.41. The Morgan fingerprint density at radius 2 is 1.84 bits per heavy atom. The van der Waals surface area contributed by atoms with E-state index in [2.05, 4.69) is 4.98 Å². The standard InChI is InChI=1S/C13H17BFNO3/c1-12(2)13(3,4)19-14(18-12)6-5-9-7-11(15)16-8-10(9)17/h5-8,17H,1-4H3/b6-5+. The molecular formula is C13H17BFNO3. The number of hydrogen-bond donors (Lipinski definition) is 1. The van der Waals surface area contributed by atoms with Crippen LogP contribution >= 0.6 is 0 Å². The van der Waals surface area contributed by atoms with Gasteiger partial charge in [-0.05, 0) is 27.7 Å². The second-order valence-electron chi connectivity index (χ2n) is 5.55. The molecule has 0 spiro atoms. The average Bonchev–Trinajstić information content (AvgIpc) is 2.49. The topological polar surface area (TPSA) is 51.6 Å². The lowest BCUT2D eigenvalue weighted by Gasteiger charge is -2.32. The molecule has 1 aromatic heterocycles. The summed E-state index contributed by atoms with van der Waals surface area (Å²) >= 11 is 0. The molecule has 0 radical (unpaired) electrons. The highest BCUT2D eigenvalue weighted by molar-refractivity contribution is 6.52. The number of halogens is 1. The molecule has 0 aliphatic carbocycles. The van der Waals surface area contributed by atoms with E-state index in [-0.39, 0.29) is 5.75 Å². The summed E-state index contributed by atoms with van der Waals surface area (Å²) in [5.41, 5.74) is -0.511. The minimum absolute atomic E-state index is 0.0887. The van der Waals surface area contributed by atoms with E-state index in [1.54, 1.807) is 12.1 Å². The van der Waals surface area contributed by atoms with Crippen molar-refractivity contribution in [2.45, 2.75) is 38.9 Å². The van der Waals surface area contributed by atoms with Crippen LogP contribution in [0.3, 0.4) is 0 Å². The summed E-state index contributed by atoms with van der Waals surface area (Å²) in [6.07, 6.45) is 2.63. The Bertz CT molecular complexity index is 501. The normalized spacial score (nSPS) is 21.2. The van der Waals surface area contributed by atoms with Crippen molar-refractivity contribution >= 4 is 13.2 Å². The second kappa shape index (κ2) is 4.61. The zero-order chi connectivity index (χ0) is 14.3. The Morgan fingerprint density at radius 3 is 2.42 bits per heavy atom. The number of aromatic hydroxyl groups is 1. The minimum atomic E-state index is -0.647. The van der Waals surface area contributed by atoms with Crippen molar-refractivity contribution in [2.75, 3.05) is 0 Å². The van der Waals surface area contributed by atoms with E-state index >= 15 is 0 Å². The number of pyridine rings is 1. The van der Waals surface area contributed by atoms with Crippen LogP contribution in [0.4, 0.5) is 4.39 Å². The summed E-state index contributed by atoms with van der Waals surface area (Å²) in [7, 11) is -0.527. The molecule has 6 heteroatoms. The Balaban J connectivity index is 2.15. The molecule has 102 valence electrons. The lowest BCUT2D eigenvalue weighted by molar-refractivity contribution is 0.00578. The van der Waals surface area contributed by atoms with Crippen LogP contribution in [0, 0.1) is 5.95 Å². The van der Waals surface area contributed by atoms with Crippen molar-refractivity contribution in [1.29, 1.82) is 0 Å². The number of aromatic nitrogens is 1. The van der Waals surface area contributed by atoms with Crippen molar-refractivity contribution in [1.82, 2.24) is 4.98 Å². The first-order valence-electron chi connectivity index (χ1n) is 6.10. The predicted octanol–water partition coefficient (Wildman–Crippen LogP) is 2.57. The van der Waals surface area contributed by atoms with Crippen LogP contribution in [0.2, 0.25) is 0 Å². The zero-order valence-corrected chi connectivity index (χ0v) is 11.5. The van der Waals surface area contributed by atoms with Crippen LogP contribution in [-0.4, -0.2) is 28.4 Å². The third-order valence-electron chi connectivity index (χ3n) is 3.58. The maximum atomic E-state index is 13.0. The molecular weight excluding hydrogens is 248 g/mol. The average molecular weight is 265 g/mol. The van der Waals surface area contributed by atoms with Gasteiger partial charge in [-0.3, -0.25) is 0 Å². The van der Waals surface area contributed by atoms with E-state index in [1.807, 2.05) is 27.7 Å².